The molecule has 1 saturated heterocycles. The highest BCUT2D eigenvalue weighted by molar-refractivity contribution is 5.29. The second-order valence-corrected chi connectivity index (χ2v) is 7.33. The zero-order chi connectivity index (χ0) is 18.5. The molecule has 0 bridgehead atoms. The minimum atomic E-state index is -4.45. The Balaban J connectivity index is 1.44. The zero-order valence-electron chi connectivity index (χ0n) is 14.0. The van der Waals surface area contributed by atoms with E-state index in [1.54, 1.807) is 6.08 Å². The van der Waals surface area contributed by atoms with Gasteiger partial charge in [0.05, 0.1) is 31.0 Å². The lowest BCUT2D eigenvalue weighted by atomic mass is 9.69. The van der Waals surface area contributed by atoms with Gasteiger partial charge in [-0.1, -0.05) is 24.3 Å². The fraction of sp³-hybridized carbons (Fsp3) is 0.579. The molecule has 2 N–H and O–H groups in total. The van der Waals surface area contributed by atoms with Gasteiger partial charge in [-0.15, -0.1) is 0 Å². The van der Waals surface area contributed by atoms with Crippen LogP contribution in [0.1, 0.15) is 30.1 Å². The monoisotopic (exact) mass is 370 g/mol. The number of benzene rings is 1. The smallest absolute Gasteiger partial charge is 0.392 e. The first kappa shape index (κ1) is 18.0. The number of fused-ring (bicyclic) bond motifs is 2. The summed E-state index contributed by atoms with van der Waals surface area (Å²) in [6.45, 7) is 1.13. The van der Waals surface area contributed by atoms with Crippen LogP contribution in [0.5, 0.6) is 0 Å². The molecule has 0 aromatic heterocycles. The molecule has 4 nitrogen and oxygen atoms in total. The third kappa shape index (κ3) is 2.97. The molecular weight excluding hydrogens is 349 g/mol. The normalized spacial score (nSPS) is 34.2. The third-order valence-electron chi connectivity index (χ3n) is 5.88. The van der Waals surface area contributed by atoms with Crippen molar-refractivity contribution in [1.82, 2.24) is 0 Å². The molecule has 1 spiro atoms. The average molecular weight is 370 g/mol. The second-order valence-electron chi connectivity index (χ2n) is 7.33. The van der Waals surface area contributed by atoms with Gasteiger partial charge < -0.3 is 19.7 Å². The van der Waals surface area contributed by atoms with Gasteiger partial charge >= 0.3 is 6.18 Å². The predicted octanol–water partition coefficient (Wildman–Crippen LogP) is 3.06. The largest absolute Gasteiger partial charge is 0.416 e. The minimum Gasteiger partial charge on any atom is -0.392 e. The fourth-order valence-electron chi connectivity index (χ4n) is 4.50. The van der Waals surface area contributed by atoms with Crippen LogP contribution in [0.4, 0.5) is 13.2 Å². The Bertz CT molecular complexity index is 696. The Hall–Kier alpha value is -1.41. The predicted molar refractivity (Wildman–Crippen MR) is 85.9 cm³/mol. The van der Waals surface area contributed by atoms with Crippen LogP contribution < -0.4 is 0 Å². The third-order valence-corrected chi connectivity index (χ3v) is 5.88. The number of rotatable bonds is 3. The highest BCUT2D eigenvalue weighted by atomic mass is 19.4. The molecule has 3 fully saturated rings. The van der Waals surface area contributed by atoms with Crippen molar-refractivity contribution in [1.29, 1.82) is 0 Å². The van der Waals surface area contributed by atoms with Crippen molar-refractivity contribution in [3.05, 3.63) is 47.5 Å². The summed E-state index contributed by atoms with van der Waals surface area (Å²) in [4.78, 5) is 0. The summed E-state index contributed by atoms with van der Waals surface area (Å²) in [6.07, 6.45) is -1.65. The molecule has 5 unspecified atom stereocenters. The molecule has 3 aliphatic rings. The lowest BCUT2D eigenvalue weighted by molar-refractivity contribution is -0.275. The molecule has 4 rings (SSSR count). The van der Waals surface area contributed by atoms with Crippen LogP contribution in [0.2, 0.25) is 0 Å². The summed E-state index contributed by atoms with van der Waals surface area (Å²) in [7, 11) is 0. The molecule has 26 heavy (non-hydrogen) atoms. The van der Waals surface area contributed by atoms with E-state index in [1.165, 1.54) is 18.2 Å². The van der Waals surface area contributed by atoms with E-state index in [0.717, 1.165) is 12.1 Å². The molecule has 2 saturated carbocycles. The first-order chi connectivity index (χ1) is 12.3. The summed E-state index contributed by atoms with van der Waals surface area (Å²) in [5, 5.41) is 20.7. The van der Waals surface area contributed by atoms with Crippen molar-refractivity contribution in [2.45, 2.75) is 37.0 Å². The van der Waals surface area contributed by atoms with E-state index in [-0.39, 0.29) is 23.3 Å². The van der Waals surface area contributed by atoms with Gasteiger partial charge in [0.2, 0.25) is 0 Å². The molecule has 0 amide bonds. The highest BCUT2D eigenvalue weighted by Gasteiger charge is 2.64. The van der Waals surface area contributed by atoms with Crippen LogP contribution in [-0.4, -0.2) is 35.3 Å². The van der Waals surface area contributed by atoms with Crippen LogP contribution in [0.15, 0.2) is 36.4 Å². The lowest BCUT2D eigenvalue weighted by Gasteiger charge is -2.48. The van der Waals surface area contributed by atoms with Gasteiger partial charge in [0, 0.05) is 18.3 Å². The number of aliphatic hydroxyl groups is 2. The zero-order valence-corrected chi connectivity index (χ0v) is 14.0. The molecular formula is C19H21F3O4. The van der Waals surface area contributed by atoms with E-state index in [4.69, 9.17) is 9.47 Å². The molecule has 1 aromatic rings. The summed E-state index contributed by atoms with van der Waals surface area (Å²) in [5.74, 6) is -0.500. The summed E-state index contributed by atoms with van der Waals surface area (Å²) < 4.78 is 49.8. The van der Waals surface area contributed by atoms with Gasteiger partial charge in [0.15, 0.2) is 5.79 Å². The van der Waals surface area contributed by atoms with Crippen LogP contribution in [0.3, 0.4) is 0 Å². The van der Waals surface area contributed by atoms with Crippen LogP contribution in [0, 0.1) is 17.8 Å². The second kappa shape index (κ2) is 6.34. The van der Waals surface area contributed by atoms with Gasteiger partial charge in [-0.25, -0.2) is 0 Å². The van der Waals surface area contributed by atoms with Gasteiger partial charge in [0.1, 0.15) is 0 Å². The van der Waals surface area contributed by atoms with Gasteiger partial charge in [-0.2, -0.15) is 13.2 Å². The highest BCUT2D eigenvalue weighted by Crippen LogP contribution is 2.59. The SMILES string of the molecule is OC(C=CC1CC2C(CC23OCCO3)C1O)c1cccc(C(F)(F)F)c1. The first-order valence-corrected chi connectivity index (χ1v) is 8.80. The Labute approximate surface area is 149 Å². The van der Waals surface area contributed by atoms with Crippen molar-refractivity contribution in [3.63, 3.8) is 0 Å². The van der Waals surface area contributed by atoms with Crippen molar-refractivity contribution in [2.24, 2.45) is 17.8 Å². The fourth-order valence-corrected chi connectivity index (χ4v) is 4.50. The lowest BCUT2D eigenvalue weighted by Crippen LogP contribution is -2.54. The molecule has 2 aliphatic carbocycles. The van der Waals surface area contributed by atoms with Gasteiger partial charge in [0.25, 0.3) is 0 Å². The molecule has 1 aliphatic heterocycles. The van der Waals surface area contributed by atoms with E-state index >= 15 is 0 Å². The Morgan fingerprint density at radius 1 is 1.23 bits per heavy atom. The number of aliphatic hydroxyl groups excluding tert-OH is 2. The number of hydrogen-bond donors (Lipinski definition) is 2. The van der Waals surface area contributed by atoms with Crippen molar-refractivity contribution < 1.29 is 32.9 Å². The average Bonchev–Trinajstić information content (AvgIpc) is 3.18. The van der Waals surface area contributed by atoms with Crippen molar-refractivity contribution in [2.75, 3.05) is 13.2 Å². The van der Waals surface area contributed by atoms with Gasteiger partial charge in [-0.05, 0) is 30.0 Å². The number of hydrogen-bond acceptors (Lipinski definition) is 4. The first-order valence-electron chi connectivity index (χ1n) is 8.80. The molecule has 7 heteroatoms. The molecule has 5 atom stereocenters. The molecule has 1 heterocycles. The number of alkyl halides is 3. The maximum Gasteiger partial charge on any atom is 0.416 e. The van der Waals surface area contributed by atoms with Crippen LogP contribution >= 0.6 is 0 Å². The van der Waals surface area contributed by atoms with E-state index in [0.29, 0.717) is 26.1 Å². The standard InChI is InChI=1S/C19H21F3O4/c20-19(21,22)13-3-1-2-11(8-13)16(23)5-4-12-9-15-14(17(12)24)10-18(15)25-6-7-26-18/h1-5,8,12,14-17,23-24H,6-7,9-10H2. The van der Waals surface area contributed by atoms with E-state index in [2.05, 4.69) is 0 Å². The maximum atomic E-state index is 12.8. The summed E-state index contributed by atoms with van der Waals surface area (Å²) >= 11 is 0. The summed E-state index contributed by atoms with van der Waals surface area (Å²) in [5.41, 5.74) is -0.621. The van der Waals surface area contributed by atoms with E-state index in [9.17, 15) is 23.4 Å². The molecule has 142 valence electrons. The topological polar surface area (TPSA) is 58.9 Å². The van der Waals surface area contributed by atoms with Crippen LogP contribution in [-0.2, 0) is 15.7 Å². The Morgan fingerprint density at radius 3 is 2.65 bits per heavy atom. The van der Waals surface area contributed by atoms with Crippen molar-refractivity contribution >= 4 is 0 Å². The van der Waals surface area contributed by atoms with E-state index in [1.807, 2.05) is 0 Å². The Morgan fingerprint density at radius 2 is 1.96 bits per heavy atom. The van der Waals surface area contributed by atoms with E-state index < -0.39 is 29.7 Å². The molecule has 0 radical (unpaired) electrons. The van der Waals surface area contributed by atoms with Crippen LogP contribution in [0.25, 0.3) is 0 Å². The quantitative estimate of drug-likeness (QED) is 0.803. The molecule has 1 aromatic carbocycles. The number of halogens is 3. The summed E-state index contributed by atoms with van der Waals surface area (Å²) in [6, 6.07) is 4.64. The Kier molecular flexibility index (Phi) is 4.38. The number of ether oxygens (including phenoxy) is 2. The maximum absolute atomic E-state index is 12.8. The van der Waals surface area contributed by atoms with Crippen molar-refractivity contribution in [3.8, 4) is 0 Å². The van der Waals surface area contributed by atoms with Gasteiger partial charge in [-0.3, -0.25) is 0 Å². The minimum absolute atomic E-state index is 0.105.